The summed E-state index contributed by atoms with van der Waals surface area (Å²) in [4.78, 5) is 13.1. The average Bonchev–Trinajstić information content (AvgIpc) is 2.81. The third-order valence-electron chi connectivity index (χ3n) is 5.93. The van der Waals surface area contributed by atoms with E-state index in [-0.39, 0.29) is 16.9 Å². The van der Waals surface area contributed by atoms with E-state index in [9.17, 15) is 10.1 Å². The Labute approximate surface area is 158 Å². The van der Waals surface area contributed by atoms with Crippen molar-refractivity contribution in [3.8, 4) is 11.5 Å². The summed E-state index contributed by atoms with van der Waals surface area (Å²) in [6, 6.07) is 11.4. The van der Waals surface area contributed by atoms with E-state index in [1.165, 1.54) is 18.7 Å². The molecule has 0 saturated heterocycles. The third-order valence-corrected chi connectivity index (χ3v) is 5.93. The van der Waals surface area contributed by atoms with Crippen molar-refractivity contribution in [2.45, 2.75) is 31.9 Å². The minimum atomic E-state index is -0.717. The fourth-order valence-corrected chi connectivity index (χ4v) is 4.66. The second-order valence-electron chi connectivity index (χ2n) is 7.59. The molecule has 2 aliphatic heterocycles. The molecule has 0 fully saturated rings. The van der Waals surface area contributed by atoms with Crippen molar-refractivity contribution in [2.75, 3.05) is 19.1 Å². The molecule has 0 amide bonds. The van der Waals surface area contributed by atoms with E-state index in [0.29, 0.717) is 11.3 Å². The first-order chi connectivity index (χ1) is 12.7. The second kappa shape index (κ2) is 5.49. The number of para-hydroxylation sites is 1. The molecule has 0 radical (unpaired) electrons. The number of hydrogen-bond donors (Lipinski definition) is 0. The SMILES string of the molecule is COc1cc2c(cc1[N+](=O)[O-])C=C(C)C1(O2)N(C)c2ccccc2C1(C)C. The molecule has 1 atom stereocenters. The Bertz CT molecular complexity index is 996. The van der Waals surface area contributed by atoms with Crippen molar-refractivity contribution in [2.24, 2.45) is 0 Å². The number of anilines is 1. The summed E-state index contributed by atoms with van der Waals surface area (Å²) in [6.45, 7) is 6.35. The highest BCUT2D eigenvalue weighted by molar-refractivity contribution is 5.76. The summed E-state index contributed by atoms with van der Waals surface area (Å²) in [7, 11) is 3.45. The van der Waals surface area contributed by atoms with Crippen LogP contribution in [0.25, 0.3) is 6.08 Å². The van der Waals surface area contributed by atoms with Gasteiger partial charge in [-0.05, 0) is 44.1 Å². The summed E-state index contributed by atoms with van der Waals surface area (Å²) in [5, 5.41) is 11.4. The van der Waals surface area contributed by atoms with Gasteiger partial charge in [0.25, 0.3) is 0 Å². The van der Waals surface area contributed by atoms with Gasteiger partial charge in [-0.25, -0.2) is 0 Å². The van der Waals surface area contributed by atoms with Gasteiger partial charge in [-0.1, -0.05) is 18.2 Å². The standard InChI is InChI=1S/C21H22N2O4/c1-13-10-14-11-17(23(24)25)19(26-5)12-18(14)27-21(13)20(2,3)15-8-6-7-9-16(15)22(21)4/h6-12H,1-5H3. The third kappa shape index (κ3) is 2.07. The number of rotatable bonds is 2. The predicted molar refractivity (Wildman–Crippen MR) is 105 cm³/mol. The largest absolute Gasteiger partial charge is 0.490 e. The monoisotopic (exact) mass is 366 g/mol. The van der Waals surface area contributed by atoms with Crippen LogP contribution in [-0.2, 0) is 5.41 Å². The number of hydrogen-bond acceptors (Lipinski definition) is 5. The fourth-order valence-electron chi connectivity index (χ4n) is 4.66. The van der Waals surface area contributed by atoms with Crippen molar-refractivity contribution in [1.82, 2.24) is 0 Å². The lowest BCUT2D eigenvalue weighted by Gasteiger charge is -2.48. The van der Waals surface area contributed by atoms with Crippen LogP contribution in [0.4, 0.5) is 11.4 Å². The van der Waals surface area contributed by atoms with E-state index < -0.39 is 10.6 Å². The summed E-state index contributed by atoms with van der Waals surface area (Å²) in [5.41, 5.74) is 2.90. The van der Waals surface area contributed by atoms with Crippen molar-refractivity contribution in [1.29, 1.82) is 0 Å². The lowest BCUT2D eigenvalue weighted by molar-refractivity contribution is -0.385. The molecule has 2 aromatic rings. The number of nitro benzene ring substituents is 1. The molecule has 6 nitrogen and oxygen atoms in total. The first kappa shape index (κ1) is 17.4. The molecule has 140 valence electrons. The molecule has 27 heavy (non-hydrogen) atoms. The molecule has 2 aliphatic rings. The molecular weight excluding hydrogens is 344 g/mol. The zero-order valence-electron chi connectivity index (χ0n) is 16.1. The molecule has 0 aliphatic carbocycles. The fraction of sp³-hybridized carbons (Fsp3) is 0.333. The number of ether oxygens (including phenoxy) is 2. The summed E-state index contributed by atoms with van der Waals surface area (Å²) < 4.78 is 11.9. The smallest absolute Gasteiger partial charge is 0.311 e. The van der Waals surface area contributed by atoms with Crippen molar-refractivity contribution in [3.05, 3.63) is 63.2 Å². The van der Waals surface area contributed by atoms with Gasteiger partial charge in [0.2, 0.25) is 11.5 Å². The van der Waals surface area contributed by atoms with E-state index in [2.05, 4.69) is 30.9 Å². The number of methoxy groups -OCH3 is 1. The van der Waals surface area contributed by atoms with E-state index in [1.54, 1.807) is 6.07 Å². The van der Waals surface area contributed by atoms with Gasteiger partial charge in [-0.15, -0.1) is 0 Å². The van der Waals surface area contributed by atoms with E-state index in [1.807, 2.05) is 32.2 Å². The van der Waals surface area contributed by atoms with Gasteiger partial charge >= 0.3 is 5.69 Å². The van der Waals surface area contributed by atoms with E-state index >= 15 is 0 Å². The number of likely N-dealkylation sites (N-methyl/N-ethyl adjacent to an activating group) is 1. The lowest BCUT2D eigenvalue weighted by Crippen LogP contribution is -2.60. The highest BCUT2D eigenvalue weighted by atomic mass is 16.6. The summed E-state index contributed by atoms with van der Waals surface area (Å²) in [5.74, 6) is 0.772. The Balaban J connectivity index is 1.93. The minimum Gasteiger partial charge on any atom is -0.490 e. The molecule has 2 heterocycles. The van der Waals surface area contributed by atoms with Gasteiger partial charge in [0.15, 0.2) is 0 Å². The highest BCUT2D eigenvalue weighted by Gasteiger charge is 2.60. The Hall–Kier alpha value is -3.02. The number of fused-ring (bicyclic) bond motifs is 2. The predicted octanol–water partition coefficient (Wildman–Crippen LogP) is 4.52. The molecular formula is C21H22N2O4. The topological polar surface area (TPSA) is 64.8 Å². The van der Waals surface area contributed by atoms with Crippen molar-refractivity contribution < 1.29 is 14.4 Å². The van der Waals surface area contributed by atoms with Crippen LogP contribution in [0.3, 0.4) is 0 Å². The zero-order chi connectivity index (χ0) is 19.6. The van der Waals surface area contributed by atoms with Crippen LogP contribution in [0, 0.1) is 10.1 Å². The highest BCUT2D eigenvalue weighted by Crippen LogP contribution is 2.57. The Morgan fingerprint density at radius 2 is 1.93 bits per heavy atom. The van der Waals surface area contributed by atoms with Gasteiger partial charge in [-0.2, -0.15) is 0 Å². The van der Waals surface area contributed by atoms with E-state index in [0.717, 1.165) is 11.3 Å². The maximum atomic E-state index is 11.4. The molecule has 6 heteroatoms. The average molecular weight is 366 g/mol. The normalized spacial score (nSPS) is 22.0. The maximum Gasteiger partial charge on any atom is 0.311 e. The Morgan fingerprint density at radius 1 is 1.22 bits per heavy atom. The maximum absolute atomic E-state index is 11.4. The van der Waals surface area contributed by atoms with Crippen molar-refractivity contribution in [3.63, 3.8) is 0 Å². The van der Waals surface area contributed by atoms with Crippen LogP contribution in [-0.4, -0.2) is 24.8 Å². The number of nitrogens with zero attached hydrogens (tertiary/aromatic N) is 2. The molecule has 0 aromatic heterocycles. The minimum absolute atomic E-state index is 0.0674. The lowest BCUT2D eigenvalue weighted by atomic mass is 9.73. The first-order valence-electron chi connectivity index (χ1n) is 8.81. The molecule has 0 saturated carbocycles. The number of nitro groups is 1. The molecule has 0 N–H and O–H groups in total. The summed E-state index contributed by atoms with van der Waals surface area (Å²) >= 11 is 0. The first-order valence-corrected chi connectivity index (χ1v) is 8.81. The number of benzene rings is 2. The molecule has 1 unspecified atom stereocenters. The van der Waals surface area contributed by atoms with Crippen LogP contribution in [0.5, 0.6) is 11.5 Å². The molecule has 4 rings (SSSR count). The van der Waals surface area contributed by atoms with Gasteiger partial charge < -0.3 is 14.4 Å². The molecule has 2 aromatic carbocycles. The van der Waals surface area contributed by atoms with Crippen LogP contribution in [0.15, 0.2) is 42.0 Å². The van der Waals surface area contributed by atoms with Crippen LogP contribution < -0.4 is 14.4 Å². The quantitative estimate of drug-likeness (QED) is 0.577. The van der Waals surface area contributed by atoms with Gasteiger partial charge in [-0.3, -0.25) is 10.1 Å². The summed E-state index contributed by atoms with van der Waals surface area (Å²) in [6.07, 6.45) is 1.98. The Kier molecular flexibility index (Phi) is 3.54. The van der Waals surface area contributed by atoms with Crippen LogP contribution in [0.1, 0.15) is 31.9 Å². The second-order valence-corrected chi connectivity index (χ2v) is 7.59. The van der Waals surface area contributed by atoms with Gasteiger partial charge in [0, 0.05) is 30.4 Å². The van der Waals surface area contributed by atoms with Crippen LogP contribution >= 0.6 is 0 Å². The molecule has 0 bridgehead atoms. The van der Waals surface area contributed by atoms with Gasteiger partial charge in [0.1, 0.15) is 5.75 Å². The molecule has 1 spiro atoms. The zero-order valence-corrected chi connectivity index (χ0v) is 16.1. The van der Waals surface area contributed by atoms with E-state index in [4.69, 9.17) is 9.47 Å². The van der Waals surface area contributed by atoms with Gasteiger partial charge in [0.05, 0.1) is 17.4 Å². The Morgan fingerprint density at radius 3 is 2.56 bits per heavy atom. The van der Waals surface area contributed by atoms with Crippen LogP contribution in [0.2, 0.25) is 0 Å². The van der Waals surface area contributed by atoms with Crippen molar-refractivity contribution >= 4 is 17.5 Å².